The standard InChI is InChI=1S/C24H32N8O3.C24H30N6O4/c1-4-5-9-21-26-14-27-24(29-21)25-13-19-22(30-31-32(19)3)18-10-11-20(15(2)28-18)35-17-8-6-7-16(12-17)23(33)34;1-4-12-33-22-10-11-25-21(27-22)14-19-23(28-29-30(19)3)18-8-9-20(15(2)26-18)34-17-7-5-6-16(13-17)24(31)32/h10-11,14,16-17H,4-9,12-13H2,1-3H3,(H,33,34)(H,25,26,27,29);8-11,16-17H,4-7,12-14H2,1-3H3,(H,31,32)/t2*16-,17-/m00/s1. The number of carboxylic acids is 2. The van der Waals surface area contributed by atoms with E-state index < -0.39 is 11.9 Å². The number of carbonyl (C=O) groups is 2. The summed E-state index contributed by atoms with van der Waals surface area (Å²) in [5, 5.41) is 38.9. The van der Waals surface area contributed by atoms with Gasteiger partial charge in [-0.1, -0.05) is 30.7 Å². The zero-order valence-corrected chi connectivity index (χ0v) is 40.2. The number of hydrogen-bond donors (Lipinski definition) is 3. The molecular weight excluding hydrogens is 885 g/mol. The fourth-order valence-electron chi connectivity index (χ4n) is 8.40. The Kier molecular flexibility index (Phi) is 17.1. The topological polar surface area (TPSA) is 266 Å². The predicted octanol–water partition coefficient (Wildman–Crippen LogP) is 6.72. The van der Waals surface area contributed by atoms with Gasteiger partial charge in [-0.05, 0) is 102 Å². The van der Waals surface area contributed by atoms with E-state index in [1.165, 1.54) is 6.33 Å². The van der Waals surface area contributed by atoms with Gasteiger partial charge in [0.2, 0.25) is 11.8 Å². The second-order valence-corrected chi connectivity index (χ2v) is 17.5. The fraction of sp³-hybridized carbons (Fsp3) is 0.521. The molecule has 69 heavy (non-hydrogen) atoms. The van der Waals surface area contributed by atoms with E-state index in [2.05, 4.69) is 57.8 Å². The van der Waals surface area contributed by atoms with Crippen LogP contribution in [-0.4, -0.2) is 106 Å². The molecule has 4 atom stereocenters. The van der Waals surface area contributed by atoms with Crippen LogP contribution in [-0.2, 0) is 43.1 Å². The van der Waals surface area contributed by atoms with Crippen LogP contribution in [0.4, 0.5) is 5.95 Å². The minimum absolute atomic E-state index is 0.116. The molecule has 2 aliphatic rings. The predicted molar refractivity (Wildman–Crippen MR) is 252 cm³/mol. The maximum absolute atomic E-state index is 11.4. The smallest absolute Gasteiger partial charge is 0.306 e. The Hall–Kier alpha value is -7.19. The largest absolute Gasteiger partial charge is 0.489 e. The van der Waals surface area contributed by atoms with Crippen molar-refractivity contribution in [1.29, 1.82) is 0 Å². The fourth-order valence-corrected chi connectivity index (χ4v) is 8.40. The summed E-state index contributed by atoms with van der Waals surface area (Å²) in [5.74, 6) is 1.58. The lowest BCUT2D eigenvalue weighted by Gasteiger charge is -2.27. The summed E-state index contributed by atoms with van der Waals surface area (Å²) in [6, 6.07) is 9.21. The number of carboxylic acid groups (broad SMARTS) is 2. The molecule has 0 spiro atoms. The number of anilines is 1. The molecule has 366 valence electrons. The third-order valence-electron chi connectivity index (χ3n) is 12.2. The number of aryl methyl sites for hydroxylation is 5. The second-order valence-electron chi connectivity index (χ2n) is 17.5. The first-order valence-corrected chi connectivity index (χ1v) is 23.8. The molecule has 2 aliphatic carbocycles. The van der Waals surface area contributed by atoms with Crippen molar-refractivity contribution in [3.63, 3.8) is 0 Å². The Bertz CT molecular complexity index is 2670. The number of aliphatic carboxylic acids is 2. The van der Waals surface area contributed by atoms with E-state index in [1.807, 2.05) is 59.1 Å². The summed E-state index contributed by atoms with van der Waals surface area (Å²) in [6.45, 7) is 8.97. The molecule has 0 amide bonds. The second kappa shape index (κ2) is 23.7. The van der Waals surface area contributed by atoms with Crippen molar-refractivity contribution in [2.45, 2.75) is 130 Å². The molecule has 0 bridgehead atoms. The maximum atomic E-state index is 11.4. The summed E-state index contributed by atoms with van der Waals surface area (Å²) < 4.78 is 21.3. The van der Waals surface area contributed by atoms with Gasteiger partial charge in [-0.2, -0.15) is 9.97 Å². The molecule has 8 rings (SSSR count). The van der Waals surface area contributed by atoms with E-state index in [9.17, 15) is 19.8 Å². The Morgan fingerprint density at radius 1 is 0.710 bits per heavy atom. The summed E-state index contributed by atoms with van der Waals surface area (Å²) in [6.07, 6.45) is 13.1. The van der Waals surface area contributed by atoms with Crippen molar-refractivity contribution >= 4 is 17.9 Å². The van der Waals surface area contributed by atoms with Gasteiger partial charge >= 0.3 is 11.9 Å². The summed E-state index contributed by atoms with van der Waals surface area (Å²) in [5.41, 5.74) is 5.81. The number of nitrogens with one attached hydrogen (secondary N) is 1. The molecule has 0 aliphatic heterocycles. The summed E-state index contributed by atoms with van der Waals surface area (Å²) >= 11 is 0. The summed E-state index contributed by atoms with van der Waals surface area (Å²) in [7, 11) is 3.66. The van der Waals surface area contributed by atoms with Gasteiger partial charge < -0.3 is 29.7 Å². The zero-order chi connectivity index (χ0) is 48.9. The lowest BCUT2D eigenvalue weighted by Crippen LogP contribution is -2.29. The van der Waals surface area contributed by atoms with E-state index in [0.29, 0.717) is 97.2 Å². The van der Waals surface area contributed by atoms with Gasteiger partial charge in [0, 0.05) is 32.8 Å². The van der Waals surface area contributed by atoms with E-state index >= 15 is 0 Å². The highest BCUT2D eigenvalue weighted by molar-refractivity contribution is 5.70. The molecule has 0 unspecified atom stereocenters. The van der Waals surface area contributed by atoms with Crippen molar-refractivity contribution in [2.24, 2.45) is 25.9 Å². The number of pyridine rings is 2. The highest BCUT2D eigenvalue weighted by Crippen LogP contribution is 2.33. The van der Waals surface area contributed by atoms with Gasteiger partial charge in [-0.25, -0.2) is 29.6 Å². The van der Waals surface area contributed by atoms with Gasteiger partial charge in [-0.3, -0.25) is 14.3 Å². The van der Waals surface area contributed by atoms with Crippen LogP contribution in [0.3, 0.4) is 0 Å². The van der Waals surface area contributed by atoms with E-state index in [4.69, 9.17) is 24.2 Å². The Balaban J connectivity index is 0.000000204. The van der Waals surface area contributed by atoms with Crippen molar-refractivity contribution in [1.82, 2.24) is 64.9 Å². The monoisotopic (exact) mass is 946 g/mol. The number of unbranched alkanes of at least 4 members (excludes halogenated alkanes) is 1. The number of aromatic nitrogens is 13. The molecule has 2 saturated carbocycles. The van der Waals surface area contributed by atoms with Gasteiger partial charge in [0.25, 0.3) is 0 Å². The first-order valence-electron chi connectivity index (χ1n) is 23.8. The first kappa shape index (κ1) is 49.7. The SMILES string of the molecule is CCCCc1ncnc(NCc2c(-c3ccc(O[C@H]4CCC[C@H](C(=O)O)C4)c(C)n3)nnn2C)n1.CCCOc1ccnc(Cc2c(-c3ccc(O[C@H]4CCC[C@H](C(=O)O)C4)c(C)n3)nnn2C)n1. The molecule has 0 radical (unpaired) electrons. The Morgan fingerprint density at radius 2 is 1.30 bits per heavy atom. The van der Waals surface area contributed by atoms with Gasteiger partial charge in [0.05, 0.1) is 77.8 Å². The van der Waals surface area contributed by atoms with Gasteiger partial charge in [0.15, 0.2) is 0 Å². The zero-order valence-electron chi connectivity index (χ0n) is 40.2. The molecule has 6 aromatic heterocycles. The van der Waals surface area contributed by atoms with Crippen molar-refractivity contribution in [3.05, 3.63) is 77.3 Å². The lowest BCUT2D eigenvalue weighted by molar-refractivity contribution is -0.144. The summed E-state index contributed by atoms with van der Waals surface area (Å²) in [4.78, 5) is 53.9. The highest BCUT2D eigenvalue weighted by atomic mass is 16.5. The molecule has 2 fully saturated rings. The Labute approximate surface area is 400 Å². The lowest BCUT2D eigenvalue weighted by atomic mass is 9.87. The third-order valence-corrected chi connectivity index (χ3v) is 12.2. The van der Waals surface area contributed by atoms with Crippen LogP contribution in [0, 0.1) is 25.7 Å². The number of ether oxygens (including phenoxy) is 3. The molecule has 0 aromatic carbocycles. The number of rotatable bonds is 19. The molecular formula is C48H62N14O7. The van der Waals surface area contributed by atoms with Crippen LogP contribution < -0.4 is 19.5 Å². The van der Waals surface area contributed by atoms with Crippen LogP contribution in [0.5, 0.6) is 17.4 Å². The molecule has 0 saturated heterocycles. The maximum Gasteiger partial charge on any atom is 0.306 e. The molecule has 21 nitrogen and oxygen atoms in total. The van der Waals surface area contributed by atoms with Gasteiger partial charge in [0.1, 0.15) is 40.9 Å². The van der Waals surface area contributed by atoms with E-state index in [1.54, 1.807) is 21.6 Å². The molecule has 3 N–H and O–H groups in total. The number of hydrogen-bond acceptors (Lipinski definition) is 17. The van der Waals surface area contributed by atoms with Crippen LogP contribution in [0.1, 0.15) is 119 Å². The van der Waals surface area contributed by atoms with Crippen LogP contribution in [0.15, 0.2) is 42.9 Å². The van der Waals surface area contributed by atoms with Crippen molar-refractivity contribution < 1.29 is 34.0 Å². The molecule has 21 heteroatoms. The average molecular weight is 947 g/mol. The molecule has 6 heterocycles. The van der Waals surface area contributed by atoms with Crippen LogP contribution in [0.25, 0.3) is 22.8 Å². The Morgan fingerprint density at radius 3 is 1.87 bits per heavy atom. The molecule has 6 aromatic rings. The van der Waals surface area contributed by atoms with Crippen molar-refractivity contribution in [2.75, 3.05) is 11.9 Å². The normalized spacial score (nSPS) is 17.9. The van der Waals surface area contributed by atoms with Crippen molar-refractivity contribution in [3.8, 4) is 40.2 Å². The van der Waals surface area contributed by atoms with E-state index in [0.717, 1.165) is 80.0 Å². The highest BCUT2D eigenvalue weighted by Gasteiger charge is 2.30. The average Bonchev–Trinajstić information content (AvgIpc) is 3.91. The van der Waals surface area contributed by atoms with Crippen LogP contribution in [0.2, 0.25) is 0 Å². The quantitative estimate of drug-likeness (QED) is 0.0760. The minimum atomic E-state index is -0.750. The van der Waals surface area contributed by atoms with Gasteiger partial charge in [-0.15, -0.1) is 10.2 Å². The van der Waals surface area contributed by atoms with Crippen LogP contribution >= 0.6 is 0 Å². The third kappa shape index (κ3) is 13.3. The minimum Gasteiger partial charge on any atom is -0.489 e. The van der Waals surface area contributed by atoms with E-state index in [-0.39, 0.29) is 24.0 Å². The first-order chi connectivity index (χ1) is 33.4. The number of nitrogens with zero attached hydrogens (tertiary/aromatic N) is 13.